The Morgan fingerprint density at radius 1 is 0.889 bits per heavy atom. The standard InChI is InChI=1S/C24H40N4O7S/c1-2-8-25-22(30)7-10-32-12-14-34-16-17-35-15-13-33-11-9-26-21(29)6-4-3-5-20-23-19(18-36-20)27-24(31)28-23/h1,19-20,23H,3-18H2,(H,25,30)(H,26,29)(H2,27,28,31)/t19-,20-,23-/m0/s1. The highest BCUT2D eigenvalue weighted by Gasteiger charge is 2.42. The summed E-state index contributed by atoms with van der Waals surface area (Å²) < 4.78 is 21.6. The number of fused-ring (bicyclic) bond motifs is 1. The highest BCUT2D eigenvalue weighted by molar-refractivity contribution is 8.00. The first-order valence-corrected chi connectivity index (χ1v) is 13.6. The van der Waals surface area contributed by atoms with Crippen molar-refractivity contribution in [2.45, 2.75) is 49.4 Å². The molecule has 0 saturated carbocycles. The molecule has 0 aromatic heterocycles. The second kappa shape index (κ2) is 19.1. The van der Waals surface area contributed by atoms with Crippen molar-refractivity contribution >= 4 is 29.6 Å². The average molecular weight is 529 g/mol. The van der Waals surface area contributed by atoms with Gasteiger partial charge in [0.05, 0.1) is 71.5 Å². The Balaban J connectivity index is 1.26. The van der Waals surface area contributed by atoms with Gasteiger partial charge in [0, 0.05) is 30.4 Å². The molecule has 2 fully saturated rings. The van der Waals surface area contributed by atoms with Crippen molar-refractivity contribution in [2.75, 3.05) is 71.7 Å². The molecule has 0 radical (unpaired) electrons. The van der Waals surface area contributed by atoms with E-state index >= 15 is 0 Å². The molecule has 2 saturated heterocycles. The van der Waals surface area contributed by atoms with Gasteiger partial charge in [-0.3, -0.25) is 9.59 Å². The van der Waals surface area contributed by atoms with Crippen LogP contribution < -0.4 is 21.3 Å². The zero-order valence-corrected chi connectivity index (χ0v) is 21.7. The van der Waals surface area contributed by atoms with Gasteiger partial charge < -0.3 is 40.2 Å². The molecule has 2 rings (SSSR count). The van der Waals surface area contributed by atoms with Crippen LogP contribution in [0.3, 0.4) is 0 Å². The number of unbranched alkanes of at least 4 members (excludes halogenated alkanes) is 1. The summed E-state index contributed by atoms with van der Waals surface area (Å²) in [6, 6.07) is 0.410. The minimum atomic E-state index is -0.130. The monoisotopic (exact) mass is 528 g/mol. The summed E-state index contributed by atoms with van der Waals surface area (Å²) in [5.41, 5.74) is 0. The SMILES string of the molecule is C#CCNC(=O)CCOCCOCCOCCOCCNC(=O)CCCC[C@@H]1SC[C@@H]2NC(=O)N[C@@H]21. The summed E-state index contributed by atoms with van der Waals surface area (Å²) in [6.45, 7) is 4.14. The Hall–Kier alpha value is -2.04. The molecule has 4 N–H and O–H groups in total. The summed E-state index contributed by atoms with van der Waals surface area (Å²) in [4.78, 5) is 34.6. The normalized spacial score (nSPS) is 20.3. The molecule has 0 aromatic carbocycles. The minimum absolute atomic E-state index is 0.0379. The van der Waals surface area contributed by atoms with Crippen LogP contribution in [0.5, 0.6) is 0 Å². The summed E-state index contributed by atoms with van der Waals surface area (Å²) in [7, 11) is 0. The van der Waals surface area contributed by atoms with Crippen LogP contribution in [-0.4, -0.2) is 107 Å². The van der Waals surface area contributed by atoms with Gasteiger partial charge in [-0.1, -0.05) is 12.3 Å². The molecular formula is C24H40N4O7S. The smallest absolute Gasteiger partial charge is 0.315 e. The first-order valence-electron chi connectivity index (χ1n) is 12.6. The van der Waals surface area contributed by atoms with Crippen LogP contribution >= 0.6 is 11.8 Å². The van der Waals surface area contributed by atoms with Crippen LogP contribution in [0.15, 0.2) is 0 Å². The molecule has 2 aliphatic rings. The van der Waals surface area contributed by atoms with E-state index in [2.05, 4.69) is 27.2 Å². The Morgan fingerprint density at radius 2 is 1.53 bits per heavy atom. The number of terminal acetylenes is 1. The third kappa shape index (κ3) is 13.3. The first-order chi connectivity index (χ1) is 17.6. The van der Waals surface area contributed by atoms with Gasteiger partial charge in [0.15, 0.2) is 0 Å². The number of rotatable bonds is 21. The lowest BCUT2D eigenvalue weighted by Crippen LogP contribution is -2.36. The lowest BCUT2D eigenvalue weighted by Gasteiger charge is -2.16. The van der Waals surface area contributed by atoms with Crippen molar-refractivity contribution in [1.82, 2.24) is 21.3 Å². The van der Waals surface area contributed by atoms with Crippen LogP contribution in [0.2, 0.25) is 0 Å². The minimum Gasteiger partial charge on any atom is -0.379 e. The van der Waals surface area contributed by atoms with Crippen LogP contribution in [0.25, 0.3) is 0 Å². The number of urea groups is 1. The first kappa shape index (κ1) is 30.2. The fourth-order valence-corrected chi connectivity index (χ4v) is 5.33. The molecule has 0 spiro atoms. The summed E-state index contributed by atoms with van der Waals surface area (Å²) in [5.74, 6) is 3.21. The molecule has 11 nitrogen and oxygen atoms in total. The topological polar surface area (TPSA) is 136 Å². The van der Waals surface area contributed by atoms with Crippen molar-refractivity contribution in [3.05, 3.63) is 0 Å². The molecule has 0 bridgehead atoms. The second-order valence-electron chi connectivity index (χ2n) is 8.40. The van der Waals surface area contributed by atoms with Gasteiger partial charge >= 0.3 is 6.03 Å². The van der Waals surface area contributed by atoms with Gasteiger partial charge in [0.2, 0.25) is 11.8 Å². The van der Waals surface area contributed by atoms with E-state index in [1.807, 2.05) is 11.8 Å². The maximum atomic E-state index is 11.9. The molecule has 2 heterocycles. The van der Waals surface area contributed by atoms with E-state index in [0.29, 0.717) is 71.1 Å². The lowest BCUT2D eigenvalue weighted by molar-refractivity contribution is -0.122. The number of hydrogen-bond donors (Lipinski definition) is 4. The lowest BCUT2D eigenvalue weighted by atomic mass is 10.0. The number of thioether (sulfide) groups is 1. The highest BCUT2D eigenvalue weighted by Crippen LogP contribution is 2.33. The number of carbonyl (C=O) groups excluding carboxylic acids is 3. The van der Waals surface area contributed by atoms with Gasteiger partial charge in [0.25, 0.3) is 0 Å². The Bertz CT molecular complexity index is 706. The fraction of sp³-hybridized carbons (Fsp3) is 0.792. The van der Waals surface area contributed by atoms with Crippen molar-refractivity contribution in [3.63, 3.8) is 0 Å². The van der Waals surface area contributed by atoms with Crippen LogP contribution in [0, 0.1) is 12.3 Å². The van der Waals surface area contributed by atoms with Gasteiger partial charge in [-0.2, -0.15) is 11.8 Å². The quantitative estimate of drug-likeness (QED) is 0.0931. The van der Waals surface area contributed by atoms with E-state index in [-0.39, 0.29) is 42.9 Å². The van der Waals surface area contributed by atoms with E-state index in [1.165, 1.54) is 0 Å². The summed E-state index contributed by atoms with van der Waals surface area (Å²) in [5, 5.41) is 11.8. The van der Waals surface area contributed by atoms with Gasteiger partial charge in [-0.15, -0.1) is 6.42 Å². The largest absolute Gasteiger partial charge is 0.379 e. The zero-order chi connectivity index (χ0) is 25.8. The maximum absolute atomic E-state index is 11.9. The molecule has 12 heteroatoms. The Kier molecular flexibility index (Phi) is 16.0. The fourth-order valence-electron chi connectivity index (χ4n) is 3.79. The van der Waals surface area contributed by atoms with E-state index in [9.17, 15) is 14.4 Å². The van der Waals surface area contributed by atoms with Crippen molar-refractivity contribution in [1.29, 1.82) is 0 Å². The molecule has 2 aliphatic heterocycles. The van der Waals surface area contributed by atoms with Gasteiger partial charge in [-0.05, 0) is 12.8 Å². The van der Waals surface area contributed by atoms with Gasteiger partial charge in [-0.25, -0.2) is 4.79 Å². The Morgan fingerprint density at radius 3 is 2.22 bits per heavy atom. The Labute approximate surface area is 217 Å². The van der Waals surface area contributed by atoms with Crippen LogP contribution in [-0.2, 0) is 28.5 Å². The molecule has 0 aliphatic carbocycles. The number of nitrogens with one attached hydrogen (secondary N) is 4. The third-order valence-corrected chi connectivity index (χ3v) is 7.13. The zero-order valence-electron chi connectivity index (χ0n) is 20.9. The average Bonchev–Trinajstić information content (AvgIpc) is 3.42. The van der Waals surface area contributed by atoms with Gasteiger partial charge in [0.1, 0.15) is 0 Å². The van der Waals surface area contributed by atoms with E-state index in [1.54, 1.807) is 0 Å². The van der Waals surface area contributed by atoms with Crippen molar-refractivity contribution in [3.8, 4) is 12.3 Å². The predicted octanol–water partition coefficient (Wildman–Crippen LogP) is 0.0343. The molecular weight excluding hydrogens is 488 g/mol. The van der Waals surface area contributed by atoms with Crippen molar-refractivity contribution < 1.29 is 33.3 Å². The predicted molar refractivity (Wildman–Crippen MR) is 137 cm³/mol. The molecule has 36 heavy (non-hydrogen) atoms. The number of ether oxygens (including phenoxy) is 4. The summed E-state index contributed by atoms with van der Waals surface area (Å²) >= 11 is 1.90. The molecule has 0 aromatic rings. The number of hydrogen-bond acceptors (Lipinski definition) is 8. The summed E-state index contributed by atoms with van der Waals surface area (Å²) in [6.07, 6.45) is 8.66. The molecule has 204 valence electrons. The molecule has 3 atom stereocenters. The highest BCUT2D eigenvalue weighted by atomic mass is 32.2. The van der Waals surface area contributed by atoms with E-state index in [0.717, 1.165) is 25.0 Å². The number of amides is 4. The van der Waals surface area contributed by atoms with E-state index < -0.39 is 0 Å². The van der Waals surface area contributed by atoms with Crippen LogP contribution in [0.1, 0.15) is 32.1 Å². The van der Waals surface area contributed by atoms with Crippen molar-refractivity contribution in [2.24, 2.45) is 0 Å². The third-order valence-electron chi connectivity index (χ3n) is 5.63. The second-order valence-corrected chi connectivity index (χ2v) is 9.67. The molecule has 0 unspecified atom stereocenters. The van der Waals surface area contributed by atoms with Crippen LogP contribution in [0.4, 0.5) is 4.79 Å². The van der Waals surface area contributed by atoms with E-state index in [4.69, 9.17) is 25.4 Å². The molecule has 4 amide bonds. The maximum Gasteiger partial charge on any atom is 0.315 e. The number of carbonyl (C=O) groups is 3.